The summed E-state index contributed by atoms with van der Waals surface area (Å²) >= 11 is 0. The van der Waals surface area contributed by atoms with E-state index in [-0.39, 0.29) is 24.3 Å². The van der Waals surface area contributed by atoms with Crippen molar-refractivity contribution in [1.82, 2.24) is 5.32 Å². The van der Waals surface area contributed by atoms with Crippen molar-refractivity contribution in [1.29, 1.82) is 0 Å². The minimum absolute atomic E-state index is 0.0573. The Bertz CT molecular complexity index is 561. The van der Waals surface area contributed by atoms with Crippen LogP contribution in [0.1, 0.15) is 51.1 Å². The standard InChI is InChI=1S/C18H25NO4/c1-12(2)16(13-5-7-14(23-3)8-6-13)19-15(20)11-18(17(21)22)9-4-10-18/h5-8,12,16H,4,9-11H2,1-3H3,(H,19,20)(H,21,22). The summed E-state index contributed by atoms with van der Waals surface area (Å²) in [5.41, 5.74) is 0.137. The van der Waals surface area contributed by atoms with Gasteiger partial charge in [0, 0.05) is 6.42 Å². The fourth-order valence-electron chi connectivity index (χ4n) is 3.05. The van der Waals surface area contributed by atoms with Crippen molar-refractivity contribution in [3.8, 4) is 5.75 Å². The number of ether oxygens (including phenoxy) is 1. The molecule has 1 aromatic rings. The maximum Gasteiger partial charge on any atom is 0.310 e. The molecule has 0 saturated heterocycles. The van der Waals surface area contributed by atoms with Gasteiger partial charge in [0.15, 0.2) is 0 Å². The van der Waals surface area contributed by atoms with Crippen LogP contribution >= 0.6 is 0 Å². The van der Waals surface area contributed by atoms with E-state index in [1.54, 1.807) is 7.11 Å². The van der Waals surface area contributed by atoms with Crippen LogP contribution in [0.25, 0.3) is 0 Å². The van der Waals surface area contributed by atoms with E-state index < -0.39 is 11.4 Å². The van der Waals surface area contributed by atoms with Crippen LogP contribution in [0, 0.1) is 11.3 Å². The Morgan fingerprint density at radius 1 is 1.26 bits per heavy atom. The van der Waals surface area contributed by atoms with Crippen molar-refractivity contribution >= 4 is 11.9 Å². The second kappa shape index (κ2) is 7.02. The van der Waals surface area contributed by atoms with Gasteiger partial charge >= 0.3 is 5.97 Å². The molecule has 2 rings (SSSR count). The predicted octanol–water partition coefficient (Wildman–Crippen LogP) is 3.15. The van der Waals surface area contributed by atoms with Gasteiger partial charge in [0.25, 0.3) is 0 Å². The summed E-state index contributed by atoms with van der Waals surface area (Å²) in [6.45, 7) is 4.07. The lowest BCUT2D eigenvalue weighted by Gasteiger charge is -2.37. The van der Waals surface area contributed by atoms with Gasteiger partial charge in [0.05, 0.1) is 18.6 Å². The molecule has 0 radical (unpaired) electrons. The number of carboxylic acid groups (broad SMARTS) is 1. The van der Waals surface area contributed by atoms with E-state index in [0.717, 1.165) is 17.7 Å². The lowest BCUT2D eigenvalue weighted by molar-refractivity contribution is -0.157. The zero-order valence-electron chi connectivity index (χ0n) is 14.0. The molecule has 0 aromatic heterocycles. The normalized spacial score (nSPS) is 17.2. The Balaban J connectivity index is 2.06. The predicted molar refractivity (Wildman–Crippen MR) is 87.3 cm³/mol. The van der Waals surface area contributed by atoms with E-state index >= 15 is 0 Å². The summed E-state index contributed by atoms with van der Waals surface area (Å²) < 4.78 is 5.15. The van der Waals surface area contributed by atoms with Gasteiger partial charge in [0.1, 0.15) is 5.75 Å². The summed E-state index contributed by atoms with van der Waals surface area (Å²) in [5.74, 6) is -0.0811. The number of carbonyl (C=O) groups is 2. The topological polar surface area (TPSA) is 75.6 Å². The Morgan fingerprint density at radius 2 is 1.87 bits per heavy atom. The number of carbonyl (C=O) groups excluding carboxylic acids is 1. The molecule has 5 nitrogen and oxygen atoms in total. The van der Waals surface area contributed by atoms with E-state index in [0.29, 0.717) is 12.8 Å². The quantitative estimate of drug-likeness (QED) is 0.809. The molecule has 1 aliphatic carbocycles. The van der Waals surface area contributed by atoms with Crippen molar-refractivity contribution in [3.63, 3.8) is 0 Å². The van der Waals surface area contributed by atoms with Crippen molar-refractivity contribution in [3.05, 3.63) is 29.8 Å². The van der Waals surface area contributed by atoms with Gasteiger partial charge in [0.2, 0.25) is 5.91 Å². The second-order valence-electron chi connectivity index (χ2n) is 6.68. The highest BCUT2D eigenvalue weighted by atomic mass is 16.5. The van der Waals surface area contributed by atoms with Crippen molar-refractivity contribution in [2.75, 3.05) is 7.11 Å². The molecule has 1 aromatic carbocycles. The van der Waals surface area contributed by atoms with Crippen molar-refractivity contribution in [2.45, 2.75) is 45.6 Å². The van der Waals surface area contributed by atoms with Crippen LogP contribution in [0.15, 0.2) is 24.3 Å². The first kappa shape index (κ1) is 17.3. The van der Waals surface area contributed by atoms with Gasteiger partial charge in [-0.25, -0.2) is 0 Å². The average Bonchev–Trinajstić information content (AvgIpc) is 2.48. The lowest BCUT2D eigenvalue weighted by atomic mass is 9.66. The molecule has 5 heteroatoms. The maximum atomic E-state index is 12.4. The van der Waals surface area contributed by atoms with Crippen LogP contribution in [0.4, 0.5) is 0 Å². The van der Waals surface area contributed by atoms with E-state index in [9.17, 15) is 14.7 Å². The SMILES string of the molecule is COc1ccc(C(NC(=O)CC2(C(=O)O)CCC2)C(C)C)cc1. The van der Waals surface area contributed by atoms with Crippen molar-refractivity contribution in [2.24, 2.45) is 11.3 Å². The molecule has 1 atom stereocenters. The molecule has 126 valence electrons. The Labute approximate surface area is 137 Å². The highest BCUT2D eigenvalue weighted by molar-refractivity contribution is 5.85. The third-order valence-electron chi connectivity index (χ3n) is 4.72. The van der Waals surface area contributed by atoms with Gasteiger partial charge in [-0.2, -0.15) is 0 Å². The van der Waals surface area contributed by atoms with Gasteiger partial charge < -0.3 is 15.2 Å². The van der Waals surface area contributed by atoms with Gasteiger partial charge in [-0.1, -0.05) is 32.4 Å². The van der Waals surface area contributed by atoms with Crippen LogP contribution in [0.5, 0.6) is 5.75 Å². The second-order valence-corrected chi connectivity index (χ2v) is 6.68. The highest BCUT2D eigenvalue weighted by Gasteiger charge is 2.46. The number of benzene rings is 1. The van der Waals surface area contributed by atoms with Crippen LogP contribution in [0.2, 0.25) is 0 Å². The zero-order chi connectivity index (χ0) is 17.0. The minimum atomic E-state index is -0.857. The Hall–Kier alpha value is -2.04. The van der Waals surface area contributed by atoms with E-state index in [2.05, 4.69) is 5.32 Å². The highest BCUT2D eigenvalue weighted by Crippen LogP contribution is 2.44. The molecule has 0 aliphatic heterocycles. The fraction of sp³-hybridized carbons (Fsp3) is 0.556. The maximum absolute atomic E-state index is 12.4. The molecule has 0 heterocycles. The number of hydrogen-bond acceptors (Lipinski definition) is 3. The number of carboxylic acids is 1. The molecule has 23 heavy (non-hydrogen) atoms. The first-order valence-corrected chi connectivity index (χ1v) is 8.05. The van der Waals surface area contributed by atoms with E-state index in [1.165, 1.54) is 0 Å². The van der Waals surface area contributed by atoms with Crippen LogP contribution in [-0.2, 0) is 9.59 Å². The number of nitrogens with one attached hydrogen (secondary N) is 1. The zero-order valence-corrected chi connectivity index (χ0v) is 14.0. The molecule has 1 fully saturated rings. The first-order valence-electron chi connectivity index (χ1n) is 8.05. The Kier molecular flexibility index (Phi) is 5.29. The molecule has 0 bridgehead atoms. The molecule has 1 aliphatic rings. The number of methoxy groups -OCH3 is 1. The molecular formula is C18H25NO4. The summed E-state index contributed by atoms with van der Waals surface area (Å²) in [6, 6.07) is 7.45. The number of rotatable bonds is 7. The molecule has 1 saturated carbocycles. The molecule has 1 unspecified atom stereocenters. The van der Waals surface area contributed by atoms with Gasteiger partial charge in [-0.15, -0.1) is 0 Å². The fourth-order valence-corrected chi connectivity index (χ4v) is 3.05. The lowest BCUT2D eigenvalue weighted by Crippen LogP contribution is -2.43. The van der Waals surface area contributed by atoms with Crippen LogP contribution in [-0.4, -0.2) is 24.1 Å². The monoisotopic (exact) mass is 319 g/mol. The molecule has 2 N–H and O–H groups in total. The van der Waals surface area contributed by atoms with Crippen LogP contribution < -0.4 is 10.1 Å². The largest absolute Gasteiger partial charge is 0.497 e. The van der Waals surface area contributed by atoms with Crippen molar-refractivity contribution < 1.29 is 19.4 Å². The Morgan fingerprint density at radius 3 is 2.26 bits per heavy atom. The average molecular weight is 319 g/mol. The number of hydrogen-bond donors (Lipinski definition) is 2. The van der Waals surface area contributed by atoms with Gasteiger partial charge in [-0.3, -0.25) is 9.59 Å². The summed E-state index contributed by atoms with van der Waals surface area (Å²) in [7, 11) is 1.61. The van der Waals surface area contributed by atoms with E-state index in [1.807, 2.05) is 38.1 Å². The minimum Gasteiger partial charge on any atom is -0.497 e. The molecule has 0 spiro atoms. The van der Waals surface area contributed by atoms with Gasteiger partial charge in [-0.05, 0) is 36.5 Å². The third-order valence-corrected chi connectivity index (χ3v) is 4.72. The van der Waals surface area contributed by atoms with E-state index in [4.69, 9.17) is 4.74 Å². The molecule has 1 amide bonds. The summed E-state index contributed by atoms with van der Waals surface area (Å²) in [5, 5.41) is 12.4. The smallest absolute Gasteiger partial charge is 0.310 e. The summed E-state index contributed by atoms with van der Waals surface area (Å²) in [6.07, 6.45) is 2.11. The molecular weight excluding hydrogens is 294 g/mol. The summed E-state index contributed by atoms with van der Waals surface area (Å²) in [4.78, 5) is 23.8. The van der Waals surface area contributed by atoms with Crippen LogP contribution in [0.3, 0.4) is 0 Å². The number of amides is 1. The first-order chi connectivity index (χ1) is 10.9. The number of aliphatic carboxylic acids is 1. The third kappa shape index (κ3) is 3.84.